The maximum absolute atomic E-state index is 12.2. The van der Waals surface area contributed by atoms with Crippen LogP contribution in [0.15, 0.2) is 53.6 Å². The molecule has 0 aliphatic rings. The molecule has 116 valence electrons. The minimum absolute atomic E-state index is 0.261. The fraction of sp³-hybridized carbons (Fsp3) is 0.111. The molecule has 0 bridgehead atoms. The van der Waals surface area contributed by atoms with Gasteiger partial charge in [-0.05, 0) is 48.4 Å². The number of aromatic nitrogens is 1. The van der Waals surface area contributed by atoms with Crippen molar-refractivity contribution in [2.45, 2.75) is 6.92 Å². The van der Waals surface area contributed by atoms with E-state index in [2.05, 4.69) is 15.5 Å². The minimum Gasteiger partial charge on any atom is -0.497 e. The van der Waals surface area contributed by atoms with Crippen molar-refractivity contribution >= 4 is 23.0 Å². The highest BCUT2D eigenvalue weighted by molar-refractivity contribution is 6.01. The van der Waals surface area contributed by atoms with Crippen molar-refractivity contribution in [1.29, 1.82) is 0 Å². The standard InChI is InChI=1S/C18H17N3O2/c1-12-15-5-3-4-6-16(15)20-17(12)18(22)21-19-11-13-7-9-14(23-2)10-8-13/h3-11,20H,1-2H3,(H,21,22)/b19-11-. The zero-order chi connectivity index (χ0) is 16.2. The van der Waals surface area contributed by atoms with Crippen LogP contribution in [0.1, 0.15) is 21.6 Å². The third-order valence-electron chi connectivity index (χ3n) is 3.69. The average Bonchev–Trinajstić information content (AvgIpc) is 2.93. The third-order valence-corrected chi connectivity index (χ3v) is 3.69. The van der Waals surface area contributed by atoms with E-state index in [1.807, 2.05) is 55.5 Å². The zero-order valence-corrected chi connectivity index (χ0v) is 13.0. The van der Waals surface area contributed by atoms with E-state index in [1.54, 1.807) is 13.3 Å². The topological polar surface area (TPSA) is 66.5 Å². The number of amides is 1. The van der Waals surface area contributed by atoms with Gasteiger partial charge >= 0.3 is 0 Å². The number of nitrogens with zero attached hydrogens (tertiary/aromatic N) is 1. The molecule has 0 radical (unpaired) electrons. The number of ether oxygens (including phenoxy) is 1. The number of carbonyl (C=O) groups excluding carboxylic acids is 1. The SMILES string of the molecule is COc1ccc(/C=N\NC(=O)c2[nH]c3ccccc3c2C)cc1. The number of aryl methyl sites for hydroxylation is 1. The molecule has 0 saturated carbocycles. The zero-order valence-electron chi connectivity index (χ0n) is 13.0. The van der Waals surface area contributed by atoms with Gasteiger partial charge in [-0.15, -0.1) is 0 Å². The molecule has 2 N–H and O–H groups in total. The molecule has 0 saturated heterocycles. The van der Waals surface area contributed by atoms with E-state index in [4.69, 9.17) is 4.74 Å². The summed E-state index contributed by atoms with van der Waals surface area (Å²) in [5.74, 6) is 0.517. The molecule has 2 aromatic carbocycles. The second-order valence-corrected chi connectivity index (χ2v) is 5.14. The molecule has 5 heteroatoms. The Balaban J connectivity index is 1.72. The second kappa shape index (κ2) is 6.36. The van der Waals surface area contributed by atoms with E-state index in [0.717, 1.165) is 27.8 Å². The highest BCUT2D eigenvalue weighted by Gasteiger charge is 2.13. The highest BCUT2D eigenvalue weighted by atomic mass is 16.5. The molecule has 3 aromatic rings. The molecule has 1 amide bonds. The quantitative estimate of drug-likeness (QED) is 0.574. The minimum atomic E-state index is -0.261. The lowest BCUT2D eigenvalue weighted by Gasteiger charge is -2.00. The molecule has 1 aromatic heterocycles. The Hall–Kier alpha value is -3.08. The summed E-state index contributed by atoms with van der Waals surface area (Å²) in [5.41, 5.74) is 5.80. The number of methoxy groups -OCH3 is 1. The normalized spacial score (nSPS) is 11.0. The maximum Gasteiger partial charge on any atom is 0.288 e. The number of para-hydroxylation sites is 1. The van der Waals surface area contributed by atoms with Crippen molar-refractivity contribution in [2.24, 2.45) is 5.10 Å². The number of hydrogen-bond acceptors (Lipinski definition) is 3. The lowest BCUT2D eigenvalue weighted by atomic mass is 10.1. The summed E-state index contributed by atoms with van der Waals surface area (Å²) in [6, 6.07) is 15.2. The Morgan fingerprint density at radius 2 is 1.91 bits per heavy atom. The van der Waals surface area contributed by atoms with Crippen LogP contribution >= 0.6 is 0 Å². The predicted molar refractivity (Wildman–Crippen MR) is 91.1 cm³/mol. The first-order chi connectivity index (χ1) is 11.2. The van der Waals surface area contributed by atoms with Gasteiger partial charge in [-0.2, -0.15) is 5.10 Å². The van der Waals surface area contributed by atoms with Crippen molar-refractivity contribution < 1.29 is 9.53 Å². The molecule has 0 unspecified atom stereocenters. The third kappa shape index (κ3) is 3.08. The number of benzene rings is 2. The van der Waals surface area contributed by atoms with Gasteiger partial charge in [0.2, 0.25) is 0 Å². The van der Waals surface area contributed by atoms with Gasteiger partial charge < -0.3 is 9.72 Å². The smallest absolute Gasteiger partial charge is 0.288 e. The number of hydrogen-bond donors (Lipinski definition) is 2. The van der Waals surface area contributed by atoms with Crippen LogP contribution in [0.3, 0.4) is 0 Å². The van der Waals surface area contributed by atoms with Crippen LogP contribution in [0.4, 0.5) is 0 Å². The lowest BCUT2D eigenvalue weighted by molar-refractivity contribution is 0.0950. The number of aromatic amines is 1. The summed E-state index contributed by atoms with van der Waals surface area (Å²) in [5, 5.41) is 5.04. The van der Waals surface area contributed by atoms with Crippen LogP contribution < -0.4 is 10.2 Å². The van der Waals surface area contributed by atoms with Gasteiger partial charge in [-0.1, -0.05) is 18.2 Å². The molecule has 23 heavy (non-hydrogen) atoms. The van der Waals surface area contributed by atoms with E-state index in [1.165, 1.54) is 0 Å². The summed E-state index contributed by atoms with van der Waals surface area (Å²) in [6.45, 7) is 1.92. The molecular weight excluding hydrogens is 290 g/mol. The molecule has 0 atom stereocenters. The van der Waals surface area contributed by atoms with Crippen molar-refractivity contribution in [3.8, 4) is 5.75 Å². The Bertz CT molecular complexity index is 864. The number of hydrazone groups is 1. The summed E-state index contributed by atoms with van der Waals surface area (Å²) in [4.78, 5) is 15.4. The number of fused-ring (bicyclic) bond motifs is 1. The summed E-state index contributed by atoms with van der Waals surface area (Å²) < 4.78 is 5.09. The predicted octanol–water partition coefficient (Wildman–Crippen LogP) is 3.25. The molecule has 0 fully saturated rings. The number of nitrogens with one attached hydrogen (secondary N) is 2. The van der Waals surface area contributed by atoms with E-state index in [-0.39, 0.29) is 5.91 Å². The fourth-order valence-electron chi connectivity index (χ4n) is 2.42. The molecular formula is C18H17N3O2. The summed E-state index contributed by atoms with van der Waals surface area (Å²) in [6.07, 6.45) is 1.59. The first-order valence-electron chi connectivity index (χ1n) is 7.24. The van der Waals surface area contributed by atoms with Gasteiger partial charge in [0.15, 0.2) is 0 Å². The van der Waals surface area contributed by atoms with Gasteiger partial charge in [0.1, 0.15) is 11.4 Å². The molecule has 3 rings (SSSR count). The first-order valence-corrected chi connectivity index (χ1v) is 7.24. The van der Waals surface area contributed by atoms with Crippen molar-refractivity contribution in [2.75, 3.05) is 7.11 Å². The number of rotatable bonds is 4. The molecule has 5 nitrogen and oxygen atoms in total. The van der Waals surface area contributed by atoms with Crippen LogP contribution in [0, 0.1) is 6.92 Å². The van der Waals surface area contributed by atoms with E-state index in [9.17, 15) is 4.79 Å². The first kappa shape index (κ1) is 14.8. The van der Waals surface area contributed by atoms with Crippen LogP contribution in [0.5, 0.6) is 5.75 Å². The summed E-state index contributed by atoms with van der Waals surface area (Å²) >= 11 is 0. The maximum atomic E-state index is 12.2. The van der Waals surface area contributed by atoms with Gasteiger partial charge in [0.05, 0.1) is 13.3 Å². The van der Waals surface area contributed by atoms with Crippen LogP contribution in [0.2, 0.25) is 0 Å². The number of carbonyl (C=O) groups is 1. The Morgan fingerprint density at radius 3 is 2.61 bits per heavy atom. The van der Waals surface area contributed by atoms with Gasteiger partial charge in [0.25, 0.3) is 5.91 Å². The number of H-pyrrole nitrogens is 1. The monoisotopic (exact) mass is 307 g/mol. The second-order valence-electron chi connectivity index (χ2n) is 5.14. The van der Waals surface area contributed by atoms with Crippen molar-refractivity contribution in [3.05, 3.63) is 65.4 Å². The Morgan fingerprint density at radius 1 is 1.17 bits per heavy atom. The van der Waals surface area contributed by atoms with Gasteiger partial charge in [-0.25, -0.2) is 5.43 Å². The molecule has 0 aliphatic carbocycles. The average molecular weight is 307 g/mol. The van der Waals surface area contributed by atoms with E-state index < -0.39 is 0 Å². The van der Waals surface area contributed by atoms with Crippen LogP contribution in [0.25, 0.3) is 10.9 Å². The molecule has 0 spiro atoms. The fourth-order valence-corrected chi connectivity index (χ4v) is 2.42. The van der Waals surface area contributed by atoms with Gasteiger partial charge in [-0.3, -0.25) is 4.79 Å². The van der Waals surface area contributed by atoms with E-state index >= 15 is 0 Å². The summed E-state index contributed by atoms with van der Waals surface area (Å²) in [7, 11) is 1.62. The largest absolute Gasteiger partial charge is 0.497 e. The van der Waals surface area contributed by atoms with Crippen LogP contribution in [-0.4, -0.2) is 24.2 Å². The molecule has 1 heterocycles. The molecule has 0 aliphatic heterocycles. The Labute approximate surface area is 134 Å². The van der Waals surface area contributed by atoms with Crippen molar-refractivity contribution in [3.63, 3.8) is 0 Å². The van der Waals surface area contributed by atoms with Gasteiger partial charge in [0, 0.05) is 10.9 Å². The van der Waals surface area contributed by atoms with E-state index in [0.29, 0.717) is 5.69 Å². The highest BCUT2D eigenvalue weighted by Crippen LogP contribution is 2.21. The van der Waals surface area contributed by atoms with Crippen molar-refractivity contribution in [1.82, 2.24) is 10.4 Å². The Kier molecular flexibility index (Phi) is 4.10. The van der Waals surface area contributed by atoms with Crippen LogP contribution in [-0.2, 0) is 0 Å². The lowest BCUT2D eigenvalue weighted by Crippen LogP contribution is -2.18.